The average molecular weight is 457 g/mol. The third-order valence-corrected chi connectivity index (χ3v) is 6.78. The second kappa shape index (κ2) is 19.2. The van der Waals surface area contributed by atoms with Crippen LogP contribution in [0.15, 0.2) is 0 Å². The van der Waals surface area contributed by atoms with E-state index < -0.39 is 5.79 Å². The van der Waals surface area contributed by atoms with E-state index in [-0.39, 0.29) is 5.60 Å². The van der Waals surface area contributed by atoms with Crippen LogP contribution >= 0.6 is 0 Å². The van der Waals surface area contributed by atoms with Crippen LogP contribution in [-0.2, 0) is 18.9 Å². The minimum Gasteiger partial charge on any atom is -0.378 e. The van der Waals surface area contributed by atoms with Crippen molar-refractivity contribution in [3.8, 4) is 0 Å². The fourth-order valence-electron chi connectivity index (χ4n) is 4.18. The lowest BCUT2D eigenvalue weighted by molar-refractivity contribution is -0.197. The summed E-state index contributed by atoms with van der Waals surface area (Å²) in [5.74, 6) is -0.499. The summed E-state index contributed by atoms with van der Waals surface area (Å²) < 4.78 is 22.6. The topological polar surface area (TPSA) is 40.2 Å². The van der Waals surface area contributed by atoms with Crippen molar-refractivity contribution in [3.63, 3.8) is 0 Å². The Kier molecular flexibility index (Phi) is 17.9. The molecule has 1 aliphatic rings. The van der Waals surface area contributed by atoms with Crippen LogP contribution in [0.25, 0.3) is 0 Å². The van der Waals surface area contributed by atoms with Crippen molar-refractivity contribution in [1.82, 2.24) is 0 Å². The molecule has 1 fully saturated rings. The Balaban J connectivity index is 1.77. The van der Waals surface area contributed by atoms with Gasteiger partial charge in [0.05, 0.1) is 19.8 Å². The number of ether oxygens (including phenoxy) is 4. The summed E-state index contributed by atoms with van der Waals surface area (Å²) in [4.78, 5) is 0. The standard InChI is InChI=1S/C28H56O4/c1-5-6-7-8-9-10-11-12-13-14-15-16-17-18-19-20-23-30-25-28(26-32-28)22-21-24-31-27(2,3)29-4/h5-26H2,1-4H3/t28-/m1/s1. The Morgan fingerprint density at radius 3 is 1.59 bits per heavy atom. The van der Waals surface area contributed by atoms with Crippen LogP contribution in [0, 0.1) is 0 Å². The molecule has 4 heteroatoms. The van der Waals surface area contributed by atoms with Crippen molar-refractivity contribution in [2.24, 2.45) is 0 Å². The van der Waals surface area contributed by atoms with Gasteiger partial charge in [0.2, 0.25) is 0 Å². The van der Waals surface area contributed by atoms with E-state index in [1.165, 1.54) is 103 Å². The minimum atomic E-state index is -0.499. The van der Waals surface area contributed by atoms with Crippen LogP contribution < -0.4 is 0 Å². The zero-order valence-corrected chi connectivity index (χ0v) is 22.2. The third-order valence-electron chi connectivity index (χ3n) is 6.78. The minimum absolute atomic E-state index is 0.0321. The van der Waals surface area contributed by atoms with E-state index in [2.05, 4.69) is 6.92 Å². The van der Waals surface area contributed by atoms with Crippen molar-refractivity contribution in [1.29, 1.82) is 0 Å². The molecule has 1 atom stereocenters. The molecule has 4 nitrogen and oxygen atoms in total. The molecule has 0 bridgehead atoms. The fraction of sp³-hybridized carbons (Fsp3) is 1.00. The van der Waals surface area contributed by atoms with Gasteiger partial charge in [0.15, 0.2) is 5.79 Å². The molecule has 0 radical (unpaired) electrons. The number of rotatable bonds is 25. The first kappa shape index (κ1) is 29.9. The maximum atomic E-state index is 5.91. The SMILES string of the molecule is CCCCCCCCCCCCCCCCCCOC[C@]1(CCCOC(C)(C)OC)CO1. The summed E-state index contributed by atoms with van der Waals surface area (Å²) in [6.07, 6.45) is 24.5. The van der Waals surface area contributed by atoms with Crippen LogP contribution in [0.4, 0.5) is 0 Å². The second-order valence-corrected chi connectivity index (χ2v) is 10.4. The van der Waals surface area contributed by atoms with Crippen LogP contribution in [0.2, 0.25) is 0 Å². The predicted octanol–water partition coefficient (Wildman–Crippen LogP) is 8.21. The van der Waals surface area contributed by atoms with Gasteiger partial charge in [-0.15, -0.1) is 0 Å². The normalized spacial score (nSPS) is 18.4. The molecule has 0 spiro atoms. The summed E-state index contributed by atoms with van der Waals surface area (Å²) in [6.45, 7) is 9.32. The highest BCUT2D eigenvalue weighted by Crippen LogP contribution is 2.32. The van der Waals surface area contributed by atoms with Gasteiger partial charge in [-0.05, 0) is 33.1 Å². The van der Waals surface area contributed by atoms with Gasteiger partial charge >= 0.3 is 0 Å². The van der Waals surface area contributed by atoms with Crippen molar-refractivity contribution in [3.05, 3.63) is 0 Å². The summed E-state index contributed by atoms with van der Waals surface area (Å²) in [7, 11) is 1.68. The number of epoxide rings is 1. The van der Waals surface area contributed by atoms with Gasteiger partial charge in [0.1, 0.15) is 5.60 Å². The molecule has 0 unspecified atom stereocenters. The van der Waals surface area contributed by atoms with Crippen LogP contribution in [0.1, 0.15) is 136 Å². The second-order valence-electron chi connectivity index (χ2n) is 10.4. The van der Waals surface area contributed by atoms with Crippen molar-refractivity contribution in [2.75, 3.05) is 33.5 Å². The van der Waals surface area contributed by atoms with E-state index >= 15 is 0 Å². The first-order chi connectivity index (χ1) is 15.5. The molecule has 0 aromatic rings. The van der Waals surface area contributed by atoms with Gasteiger partial charge in [-0.2, -0.15) is 0 Å². The molecule has 0 aromatic heterocycles. The highest BCUT2D eigenvalue weighted by molar-refractivity contribution is 4.91. The van der Waals surface area contributed by atoms with E-state index in [0.29, 0.717) is 6.61 Å². The van der Waals surface area contributed by atoms with E-state index in [1.807, 2.05) is 13.8 Å². The molecule has 0 amide bonds. The van der Waals surface area contributed by atoms with Crippen LogP contribution in [0.3, 0.4) is 0 Å². The van der Waals surface area contributed by atoms with Crippen LogP contribution in [-0.4, -0.2) is 44.9 Å². The van der Waals surface area contributed by atoms with Gasteiger partial charge in [-0.3, -0.25) is 0 Å². The van der Waals surface area contributed by atoms with Gasteiger partial charge in [0, 0.05) is 13.7 Å². The number of hydrogen-bond donors (Lipinski definition) is 0. The third kappa shape index (κ3) is 17.3. The maximum absolute atomic E-state index is 5.91. The summed E-state index contributed by atoms with van der Waals surface area (Å²) in [6, 6.07) is 0. The Bertz CT molecular complexity index is 406. The Morgan fingerprint density at radius 2 is 1.16 bits per heavy atom. The lowest BCUT2D eigenvalue weighted by Crippen LogP contribution is -2.28. The molecule has 1 saturated heterocycles. The van der Waals surface area contributed by atoms with Crippen molar-refractivity contribution < 1.29 is 18.9 Å². The molecule has 192 valence electrons. The molecule has 1 aliphatic heterocycles. The largest absolute Gasteiger partial charge is 0.378 e. The molecule has 32 heavy (non-hydrogen) atoms. The molecule has 1 rings (SSSR count). The van der Waals surface area contributed by atoms with E-state index in [1.54, 1.807) is 7.11 Å². The monoisotopic (exact) mass is 456 g/mol. The van der Waals surface area contributed by atoms with Crippen LogP contribution in [0.5, 0.6) is 0 Å². The highest BCUT2D eigenvalue weighted by Gasteiger charge is 2.44. The molecule has 0 saturated carbocycles. The number of unbranched alkanes of at least 4 members (excludes halogenated alkanes) is 15. The smallest absolute Gasteiger partial charge is 0.162 e. The lowest BCUT2D eigenvalue weighted by Gasteiger charge is -2.23. The fourth-order valence-corrected chi connectivity index (χ4v) is 4.18. The summed E-state index contributed by atoms with van der Waals surface area (Å²) in [5.41, 5.74) is -0.0321. The summed E-state index contributed by atoms with van der Waals surface area (Å²) >= 11 is 0. The van der Waals surface area contributed by atoms with Gasteiger partial charge < -0.3 is 18.9 Å². The highest BCUT2D eigenvalue weighted by atomic mass is 16.7. The van der Waals surface area contributed by atoms with E-state index in [9.17, 15) is 0 Å². The van der Waals surface area contributed by atoms with Gasteiger partial charge in [-0.1, -0.05) is 103 Å². The zero-order valence-electron chi connectivity index (χ0n) is 22.2. The summed E-state index contributed by atoms with van der Waals surface area (Å²) in [5, 5.41) is 0. The van der Waals surface area contributed by atoms with E-state index in [4.69, 9.17) is 18.9 Å². The van der Waals surface area contributed by atoms with Gasteiger partial charge in [-0.25, -0.2) is 0 Å². The molecule has 1 heterocycles. The number of hydrogen-bond acceptors (Lipinski definition) is 4. The number of methoxy groups -OCH3 is 1. The quantitative estimate of drug-likeness (QED) is 0.0788. The van der Waals surface area contributed by atoms with Crippen molar-refractivity contribution >= 4 is 0 Å². The average Bonchev–Trinajstić information content (AvgIpc) is 3.56. The van der Waals surface area contributed by atoms with E-state index in [0.717, 1.165) is 32.7 Å². The molecular formula is C28H56O4. The predicted molar refractivity (Wildman–Crippen MR) is 135 cm³/mol. The lowest BCUT2D eigenvalue weighted by atomic mass is 10.0. The zero-order chi connectivity index (χ0) is 23.4. The van der Waals surface area contributed by atoms with Crippen molar-refractivity contribution in [2.45, 2.75) is 148 Å². The maximum Gasteiger partial charge on any atom is 0.162 e. The van der Waals surface area contributed by atoms with Gasteiger partial charge in [0.25, 0.3) is 0 Å². The first-order valence-electron chi connectivity index (χ1n) is 13.9. The molecular weight excluding hydrogens is 400 g/mol. The molecule has 0 aliphatic carbocycles. The molecule has 0 N–H and O–H groups in total. The molecule has 0 aromatic carbocycles. The Hall–Kier alpha value is -0.160. The Labute approximate surface area is 200 Å². The Morgan fingerprint density at radius 1 is 0.688 bits per heavy atom. The first-order valence-corrected chi connectivity index (χ1v) is 13.9.